The maximum Gasteiger partial charge on any atom is 0.337 e. The number of hydrogen-bond donors (Lipinski definition) is 1. The minimum absolute atomic E-state index is 0.287. The van der Waals surface area contributed by atoms with Gasteiger partial charge >= 0.3 is 5.97 Å². The van der Waals surface area contributed by atoms with Crippen LogP contribution in [-0.2, 0) is 17.8 Å². The Hall–Kier alpha value is -3.44. The molecule has 2 aromatic heterocycles. The Morgan fingerprint density at radius 2 is 2.22 bits per heavy atom. The lowest BCUT2D eigenvalue weighted by Gasteiger charge is -2.19. The van der Waals surface area contributed by atoms with Crippen molar-refractivity contribution in [1.82, 2.24) is 14.9 Å². The van der Waals surface area contributed by atoms with Crippen molar-refractivity contribution in [2.45, 2.75) is 19.5 Å². The van der Waals surface area contributed by atoms with Crippen molar-refractivity contribution in [3.05, 3.63) is 64.1 Å². The maximum absolute atomic E-state index is 12.4. The van der Waals surface area contributed by atoms with Gasteiger partial charge in [-0.15, -0.1) is 0 Å². The van der Waals surface area contributed by atoms with E-state index < -0.39 is 5.97 Å². The van der Waals surface area contributed by atoms with Crippen LogP contribution in [-0.4, -0.2) is 34.5 Å². The maximum atomic E-state index is 12.4. The summed E-state index contributed by atoms with van der Waals surface area (Å²) in [7, 11) is 1.30. The van der Waals surface area contributed by atoms with Crippen LogP contribution in [0.5, 0.6) is 0 Å². The fourth-order valence-corrected chi connectivity index (χ4v) is 2.76. The number of nitriles is 1. The summed E-state index contributed by atoms with van der Waals surface area (Å²) in [6, 6.07) is 10.4. The fourth-order valence-electron chi connectivity index (χ4n) is 2.76. The van der Waals surface area contributed by atoms with Gasteiger partial charge in [0.1, 0.15) is 11.6 Å². The zero-order chi connectivity index (χ0) is 19.2. The highest BCUT2D eigenvalue weighted by Crippen LogP contribution is 2.13. The van der Waals surface area contributed by atoms with Crippen LogP contribution in [0.15, 0.2) is 45.8 Å². The van der Waals surface area contributed by atoms with Gasteiger partial charge in [0, 0.05) is 13.0 Å². The third kappa shape index (κ3) is 4.40. The highest BCUT2D eigenvalue weighted by atomic mass is 16.5. The van der Waals surface area contributed by atoms with Crippen molar-refractivity contribution in [2.75, 3.05) is 13.7 Å². The van der Waals surface area contributed by atoms with Crippen LogP contribution in [0.4, 0.5) is 0 Å². The second kappa shape index (κ2) is 8.29. The molecule has 3 aromatic rings. The van der Waals surface area contributed by atoms with E-state index in [-0.39, 0.29) is 5.56 Å². The first kappa shape index (κ1) is 18.4. The number of nitrogens with one attached hydrogen (secondary N) is 1. The Balaban J connectivity index is 1.90. The molecule has 0 aliphatic heterocycles. The molecule has 2 heterocycles. The summed E-state index contributed by atoms with van der Waals surface area (Å²) in [6.45, 7) is 1.32. The Kier molecular flexibility index (Phi) is 5.64. The lowest BCUT2D eigenvalue weighted by molar-refractivity contribution is 0.0601. The topological polar surface area (TPSA) is 112 Å². The van der Waals surface area contributed by atoms with E-state index in [1.165, 1.54) is 19.2 Å². The molecule has 1 aromatic carbocycles. The van der Waals surface area contributed by atoms with Crippen molar-refractivity contribution >= 4 is 16.9 Å². The molecular weight excluding hydrogens is 348 g/mol. The summed E-state index contributed by atoms with van der Waals surface area (Å²) in [6.07, 6.45) is 1.92. The number of fused-ring (bicyclic) bond motifs is 1. The minimum atomic E-state index is -0.492. The molecule has 0 spiro atoms. The highest BCUT2D eigenvalue weighted by Gasteiger charge is 2.13. The van der Waals surface area contributed by atoms with Gasteiger partial charge in [-0.1, -0.05) is 0 Å². The molecule has 1 N–H and O–H groups in total. The van der Waals surface area contributed by atoms with Gasteiger partial charge in [0.2, 0.25) is 0 Å². The molecule has 0 fully saturated rings. The number of H-pyrrole nitrogens is 1. The van der Waals surface area contributed by atoms with E-state index in [0.29, 0.717) is 48.3 Å². The van der Waals surface area contributed by atoms with E-state index in [1.54, 1.807) is 18.4 Å². The number of rotatable bonds is 7. The van der Waals surface area contributed by atoms with E-state index in [0.717, 1.165) is 5.76 Å². The van der Waals surface area contributed by atoms with E-state index in [9.17, 15) is 9.59 Å². The lowest BCUT2D eigenvalue weighted by atomic mass is 10.1. The van der Waals surface area contributed by atoms with Crippen LogP contribution in [0.25, 0.3) is 10.9 Å². The Morgan fingerprint density at radius 1 is 1.37 bits per heavy atom. The van der Waals surface area contributed by atoms with Crippen LogP contribution in [0.3, 0.4) is 0 Å². The van der Waals surface area contributed by atoms with Crippen LogP contribution in [0.1, 0.15) is 28.4 Å². The van der Waals surface area contributed by atoms with Crippen LogP contribution < -0.4 is 5.56 Å². The van der Waals surface area contributed by atoms with E-state index >= 15 is 0 Å². The zero-order valence-corrected chi connectivity index (χ0v) is 14.8. The summed E-state index contributed by atoms with van der Waals surface area (Å²) in [4.78, 5) is 33.3. The number of ether oxygens (including phenoxy) is 1. The molecule has 0 unspecified atom stereocenters. The van der Waals surface area contributed by atoms with Gasteiger partial charge in [-0.25, -0.2) is 9.78 Å². The molecule has 0 atom stereocenters. The Labute approximate surface area is 155 Å². The quantitative estimate of drug-likeness (QED) is 0.638. The number of nitrogens with zero attached hydrogens (tertiary/aromatic N) is 3. The van der Waals surface area contributed by atoms with Crippen molar-refractivity contribution in [1.29, 1.82) is 5.26 Å². The van der Waals surface area contributed by atoms with Crippen molar-refractivity contribution < 1.29 is 13.9 Å². The van der Waals surface area contributed by atoms with Crippen LogP contribution >= 0.6 is 0 Å². The molecule has 138 valence electrons. The molecule has 8 heteroatoms. The molecule has 0 aliphatic carbocycles. The average molecular weight is 366 g/mol. The molecular formula is C19H18N4O4. The Bertz CT molecular complexity index is 1030. The molecule has 0 radical (unpaired) electrons. The molecule has 0 amide bonds. The minimum Gasteiger partial charge on any atom is -0.468 e. The van der Waals surface area contributed by atoms with Gasteiger partial charge in [-0.05, 0) is 30.3 Å². The van der Waals surface area contributed by atoms with E-state index in [2.05, 4.69) is 16.0 Å². The zero-order valence-electron chi connectivity index (χ0n) is 14.8. The average Bonchev–Trinajstić information content (AvgIpc) is 3.18. The second-order valence-electron chi connectivity index (χ2n) is 5.93. The highest BCUT2D eigenvalue weighted by molar-refractivity contribution is 5.93. The first-order valence-electron chi connectivity index (χ1n) is 8.33. The van der Waals surface area contributed by atoms with Crippen molar-refractivity contribution in [3.8, 4) is 6.07 Å². The van der Waals surface area contributed by atoms with Gasteiger partial charge in [-0.2, -0.15) is 5.26 Å². The number of methoxy groups -OCH3 is 1. The first-order valence-corrected chi connectivity index (χ1v) is 8.33. The molecule has 0 saturated heterocycles. The molecule has 0 saturated carbocycles. The number of carbonyl (C=O) groups excluding carboxylic acids is 1. The summed E-state index contributed by atoms with van der Waals surface area (Å²) in [5, 5.41) is 9.27. The third-order valence-corrected chi connectivity index (χ3v) is 4.05. The smallest absolute Gasteiger partial charge is 0.337 e. The molecule has 3 rings (SSSR count). The number of esters is 1. The summed E-state index contributed by atoms with van der Waals surface area (Å²) >= 11 is 0. The van der Waals surface area contributed by atoms with E-state index in [1.807, 2.05) is 11.0 Å². The molecule has 0 aliphatic rings. The van der Waals surface area contributed by atoms with Gasteiger partial charge in [0.25, 0.3) is 5.56 Å². The largest absolute Gasteiger partial charge is 0.468 e. The predicted molar refractivity (Wildman–Crippen MR) is 96.8 cm³/mol. The number of carbonyl (C=O) groups is 1. The SMILES string of the molecule is COC(=O)c1ccc2c(=O)[nH]c(CN(CCC#N)Cc3ccco3)nc2c1. The number of aromatic amines is 1. The number of aromatic nitrogens is 2. The van der Waals surface area contributed by atoms with E-state index in [4.69, 9.17) is 14.4 Å². The number of furan rings is 1. The fraction of sp³-hybridized carbons (Fsp3) is 0.263. The number of benzene rings is 1. The van der Waals surface area contributed by atoms with Crippen molar-refractivity contribution in [3.63, 3.8) is 0 Å². The third-order valence-electron chi connectivity index (χ3n) is 4.05. The lowest BCUT2D eigenvalue weighted by Crippen LogP contribution is -2.26. The van der Waals surface area contributed by atoms with Gasteiger partial charge in [-0.3, -0.25) is 9.69 Å². The van der Waals surface area contributed by atoms with Gasteiger partial charge in [0.15, 0.2) is 0 Å². The van der Waals surface area contributed by atoms with Gasteiger partial charge < -0.3 is 14.1 Å². The summed E-state index contributed by atoms with van der Waals surface area (Å²) in [5.41, 5.74) is 0.450. The van der Waals surface area contributed by atoms with Crippen molar-refractivity contribution in [2.24, 2.45) is 0 Å². The summed E-state index contributed by atoms with van der Waals surface area (Å²) < 4.78 is 10.1. The van der Waals surface area contributed by atoms with Gasteiger partial charge in [0.05, 0.1) is 49.0 Å². The number of hydrogen-bond acceptors (Lipinski definition) is 7. The summed E-state index contributed by atoms with van der Waals surface area (Å²) in [5.74, 6) is 0.706. The first-order chi connectivity index (χ1) is 13.1. The van der Waals surface area contributed by atoms with Crippen LogP contribution in [0, 0.1) is 11.3 Å². The van der Waals surface area contributed by atoms with Crippen LogP contribution in [0.2, 0.25) is 0 Å². The molecule has 0 bridgehead atoms. The Morgan fingerprint density at radius 3 is 2.93 bits per heavy atom. The monoisotopic (exact) mass is 366 g/mol. The second-order valence-corrected chi connectivity index (χ2v) is 5.93. The normalized spacial score (nSPS) is 10.9. The predicted octanol–water partition coefficient (Wildman–Crippen LogP) is 2.22. The standard InChI is InChI=1S/C19H18N4O4/c1-26-19(25)13-5-6-15-16(10-13)21-17(22-18(15)24)12-23(8-3-7-20)11-14-4-2-9-27-14/h2,4-6,9-10H,3,8,11-12H2,1H3,(H,21,22,24). The molecule has 8 nitrogen and oxygen atoms in total. The molecule has 27 heavy (non-hydrogen) atoms.